The molecule has 0 aliphatic rings. The minimum absolute atomic E-state index is 0.595. The standard InChI is InChI=1S/C15H15ClN4O/c16-11-7-14-15(18-9-11)20(10-19-14)5-2-6-21-13-4-1-3-12(17)8-13/h1,3-4,7-10H,2,5-6,17H2. The maximum Gasteiger partial charge on any atom is 0.159 e. The first-order chi connectivity index (χ1) is 10.2. The Labute approximate surface area is 127 Å². The Kier molecular flexibility index (Phi) is 3.92. The number of rotatable bonds is 5. The number of ether oxygens (including phenoxy) is 1. The van der Waals surface area contributed by atoms with E-state index in [1.54, 1.807) is 12.5 Å². The lowest BCUT2D eigenvalue weighted by atomic mass is 10.3. The van der Waals surface area contributed by atoms with E-state index in [1.807, 2.05) is 34.9 Å². The predicted octanol–water partition coefficient (Wildman–Crippen LogP) is 3.14. The average Bonchev–Trinajstić information content (AvgIpc) is 2.86. The van der Waals surface area contributed by atoms with Crippen LogP contribution in [0, 0.1) is 0 Å². The number of imidazole rings is 1. The lowest BCUT2D eigenvalue weighted by molar-refractivity contribution is 0.302. The number of fused-ring (bicyclic) bond motifs is 1. The van der Waals surface area contributed by atoms with Gasteiger partial charge in [-0.15, -0.1) is 0 Å². The Morgan fingerprint density at radius 3 is 3.00 bits per heavy atom. The monoisotopic (exact) mass is 302 g/mol. The van der Waals surface area contributed by atoms with E-state index < -0.39 is 0 Å². The molecule has 0 amide bonds. The molecule has 2 N–H and O–H groups in total. The van der Waals surface area contributed by atoms with E-state index >= 15 is 0 Å². The number of nitrogen functional groups attached to an aromatic ring is 1. The van der Waals surface area contributed by atoms with Crippen molar-refractivity contribution >= 4 is 28.5 Å². The number of aryl methyl sites for hydroxylation is 1. The molecule has 0 aliphatic heterocycles. The van der Waals surface area contributed by atoms with Gasteiger partial charge in [-0.3, -0.25) is 0 Å². The van der Waals surface area contributed by atoms with Gasteiger partial charge in [-0.05, 0) is 24.6 Å². The molecule has 0 fully saturated rings. The summed E-state index contributed by atoms with van der Waals surface area (Å²) in [6.07, 6.45) is 4.25. The van der Waals surface area contributed by atoms with E-state index in [0.29, 0.717) is 17.3 Å². The summed E-state index contributed by atoms with van der Waals surface area (Å²) < 4.78 is 7.66. The van der Waals surface area contributed by atoms with Crippen molar-refractivity contribution in [2.75, 3.05) is 12.3 Å². The Morgan fingerprint density at radius 2 is 2.14 bits per heavy atom. The van der Waals surface area contributed by atoms with Crippen molar-refractivity contribution in [2.24, 2.45) is 0 Å². The minimum Gasteiger partial charge on any atom is -0.493 e. The van der Waals surface area contributed by atoms with E-state index in [9.17, 15) is 0 Å². The normalized spacial score (nSPS) is 10.9. The number of benzene rings is 1. The fourth-order valence-corrected chi connectivity index (χ4v) is 2.27. The van der Waals surface area contributed by atoms with E-state index in [2.05, 4.69) is 9.97 Å². The van der Waals surface area contributed by atoms with E-state index in [0.717, 1.165) is 29.9 Å². The fourth-order valence-electron chi connectivity index (χ4n) is 2.12. The first kappa shape index (κ1) is 13.7. The van der Waals surface area contributed by atoms with Gasteiger partial charge in [-0.25, -0.2) is 9.97 Å². The summed E-state index contributed by atoms with van der Waals surface area (Å²) in [5, 5.41) is 0.595. The van der Waals surface area contributed by atoms with Gasteiger partial charge in [-0.2, -0.15) is 0 Å². The van der Waals surface area contributed by atoms with Crippen LogP contribution in [0.15, 0.2) is 42.9 Å². The highest BCUT2D eigenvalue weighted by molar-refractivity contribution is 6.31. The molecule has 0 unspecified atom stereocenters. The molecule has 6 heteroatoms. The van der Waals surface area contributed by atoms with Gasteiger partial charge in [0.1, 0.15) is 11.3 Å². The first-order valence-corrected chi connectivity index (χ1v) is 7.05. The van der Waals surface area contributed by atoms with Gasteiger partial charge in [0.05, 0.1) is 18.0 Å². The lowest BCUT2D eigenvalue weighted by Gasteiger charge is -2.07. The molecule has 0 atom stereocenters. The highest BCUT2D eigenvalue weighted by Gasteiger charge is 2.04. The van der Waals surface area contributed by atoms with Gasteiger partial charge in [-0.1, -0.05) is 17.7 Å². The second kappa shape index (κ2) is 6.01. The fraction of sp³-hybridized carbons (Fsp3) is 0.200. The number of hydrogen-bond acceptors (Lipinski definition) is 4. The van der Waals surface area contributed by atoms with Crippen LogP contribution in [0.25, 0.3) is 11.2 Å². The number of aromatic nitrogens is 3. The number of pyridine rings is 1. The van der Waals surface area contributed by atoms with Crippen molar-refractivity contribution in [1.29, 1.82) is 0 Å². The van der Waals surface area contributed by atoms with Crippen LogP contribution < -0.4 is 10.5 Å². The maximum atomic E-state index is 5.89. The molecule has 0 saturated carbocycles. The number of hydrogen-bond donors (Lipinski definition) is 1. The van der Waals surface area contributed by atoms with Crippen molar-refractivity contribution in [1.82, 2.24) is 14.5 Å². The van der Waals surface area contributed by atoms with Crippen molar-refractivity contribution in [3.05, 3.63) is 47.9 Å². The van der Waals surface area contributed by atoms with Gasteiger partial charge < -0.3 is 15.0 Å². The van der Waals surface area contributed by atoms with Crippen molar-refractivity contribution in [2.45, 2.75) is 13.0 Å². The number of nitrogens with zero attached hydrogens (tertiary/aromatic N) is 3. The molecule has 3 rings (SSSR count). The third kappa shape index (κ3) is 3.25. The molecule has 2 heterocycles. The Bertz CT molecular complexity index is 756. The summed E-state index contributed by atoms with van der Waals surface area (Å²) in [5.74, 6) is 0.787. The predicted molar refractivity (Wildman–Crippen MR) is 83.5 cm³/mol. The number of halogens is 1. The molecule has 0 radical (unpaired) electrons. The molecule has 1 aromatic carbocycles. The van der Waals surface area contributed by atoms with Crippen LogP contribution in [-0.2, 0) is 6.54 Å². The molecule has 0 saturated heterocycles. The number of nitrogens with two attached hydrogens (primary N) is 1. The zero-order valence-corrected chi connectivity index (χ0v) is 12.1. The molecule has 5 nitrogen and oxygen atoms in total. The topological polar surface area (TPSA) is 66.0 Å². The largest absolute Gasteiger partial charge is 0.493 e. The molecule has 108 valence electrons. The first-order valence-electron chi connectivity index (χ1n) is 6.67. The second-order valence-corrected chi connectivity index (χ2v) is 5.15. The van der Waals surface area contributed by atoms with Crippen molar-refractivity contribution in [3.63, 3.8) is 0 Å². The number of anilines is 1. The average molecular weight is 303 g/mol. The molecule has 2 aromatic heterocycles. The van der Waals surface area contributed by atoms with E-state index in [1.165, 1.54) is 0 Å². The molecule has 0 spiro atoms. The highest BCUT2D eigenvalue weighted by atomic mass is 35.5. The van der Waals surface area contributed by atoms with Gasteiger partial charge >= 0.3 is 0 Å². The third-order valence-corrected chi connectivity index (χ3v) is 3.30. The van der Waals surface area contributed by atoms with Gasteiger partial charge in [0.25, 0.3) is 0 Å². The van der Waals surface area contributed by atoms with Crippen LogP contribution in [0.2, 0.25) is 5.02 Å². The molecule has 0 aliphatic carbocycles. The zero-order valence-electron chi connectivity index (χ0n) is 11.4. The Balaban J connectivity index is 1.57. The summed E-state index contributed by atoms with van der Waals surface area (Å²) in [6, 6.07) is 9.23. The van der Waals surface area contributed by atoms with Crippen molar-refractivity contribution < 1.29 is 4.74 Å². The molecular weight excluding hydrogens is 288 g/mol. The summed E-state index contributed by atoms with van der Waals surface area (Å²) in [6.45, 7) is 1.39. The zero-order chi connectivity index (χ0) is 14.7. The van der Waals surface area contributed by atoms with E-state index in [-0.39, 0.29) is 0 Å². The van der Waals surface area contributed by atoms with Crippen LogP contribution in [-0.4, -0.2) is 21.1 Å². The summed E-state index contributed by atoms with van der Waals surface area (Å²) in [5.41, 5.74) is 8.05. The van der Waals surface area contributed by atoms with Gasteiger partial charge in [0, 0.05) is 24.5 Å². The van der Waals surface area contributed by atoms with Gasteiger partial charge in [0.15, 0.2) is 5.65 Å². The summed E-state index contributed by atoms with van der Waals surface area (Å²) in [4.78, 5) is 8.59. The SMILES string of the molecule is Nc1cccc(OCCCn2cnc3cc(Cl)cnc32)c1. The maximum absolute atomic E-state index is 5.89. The van der Waals surface area contributed by atoms with Crippen LogP contribution in [0.5, 0.6) is 5.75 Å². The van der Waals surface area contributed by atoms with E-state index in [4.69, 9.17) is 22.1 Å². The van der Waals surface area contributed by atoms with Crippen LogP contribution >= 0.6 is 11.6 Å². The van der Waals surface area contributed by atoms with Crippen LogP contribution in [0.4, 0.5) is 5.69 Å². The third-order valence-electron chi connectivity index (χ3n) is 3.09. The quantitative estimate of drug-likeness (QED) is 0.581. The Hall–Kier alpha value is -2.27. The van der Waals surface area contributed by atoms with Crippen molar-refractivity contribution in [3.8, 4) is 5.75 Å². The highest BCUT2D eigenvalue weighted by Crippen LogP contribution is 2.16. The molecule has 0 bridgehead atoms. The lowest BCUT2D eigenvalue weighted by Crippen LogP contribution is -2.04. The minimum atomic E-state index is 0.595. The van der Waals surface area contributed by atoms with Gasteiger partial charge in [0.2, 0.25) is 0 Å². The molecule has 3 aromatic rings. The molecule has 21 heavy (non-hydrogen) atoms. The Morgan fingerprint density at radius 1 is 1.24 bits per heavy atom. The summed E-state index contributed by atoms with van der Waals surface area (Å²) in [7, 11) is 0. The van der Waals surface area contributed by atoms with Crippen LogP contribution in [0.3, 0.4) is 0 Å². The van der Waals surface area contributed by atoms with Crippen LogP contribution in [0.1, 0.15) is 6.42 Å². The second-order valence-electron chi connectivity index (χ2n) is 4.71. The molecular formula is C15H15ClN4O. The summed E-state index contributed by atoms with van der Waals surface area (Å²) >= 11 is 5.89. The smallest absolute Gasteiger partial charge is 0.159 e.